The van der Waals surface area contributed by atoms with E-state index in [1.54, 1.807) is 19.1 Å². The van der Waals surface area contributed by atoms with E-state index in [1.165, 1.54) is 18.0 Å². The number of H-pyrrole nitrogens is 1. The van der Waals surface area contributed by atoms with Crippen LogP contribution in [0.2, 0.25) is 0 Å². The van der Waals surface area contributed by atoms with Crippen LogP contribution >= 0.6 is 23.1 Å². The maximum absolute atomic E-state index is 11.7. The minimum atomic E-state index is -3.25. The quantitative estimate of drug-likeness (QED) is 0.377. The van der Waals surface area contributed by atoms with Crippen LogP contribution in [0.5, 0.6) is 0 Å². The van der Waals surface area contributed by atoms with Crippen molar-refractivity contribution in [3.05, 3.63) is 39.0 Å². The van der Waals surface area contributed by atoms with Gasteiger partial charge in [0.1, 0.15) is 4.70 Å². The first kappa shape index (κ1) is 20.8. The van der Waals surface area contributed by atoms with Gasteiger partial charge in [-0.2, -0.15) is 0 Å². The van der Waals surface area contributed by atoms with E-state index in [0.29, 0.717) is 37.5 Å². The second-order valence-corrected chi connectivity index (χ2v) is 10.3. The molecule has 1 aromatic carbocycles. The van der Waals surface area contributed by atoms with Crippen LogP contribution in [0.3, 0.4) is 0 Å². The molecule has 0 fully saturated rings. The van der Waals surface area contributed by atoms with Gasteiger partial charge >= 0.3 is 4.87 Å². The number of nitrogens with zero attached hydrogens (tertiary/aromatic N) is 2. The largest absolute Gasteiger partial charge is 0.394 e. The van der Waals surface area contributed by atoms with Crippen LogP contribution in [0.1, 0.15) is 18.1 Å². The van der Waals surface area contributed by atoms with E-state index >= 15 is 0 Å². The van der Waals surface area contributed by atoms with Gasteiger partial charge in [0.15, 0.2) is 26.5 Å². The lowest BCUT2D eigenvalue weighted by Crippen LogP contribution is -2.20. The predicted molar refractivity (Wildman–Crippen MR) is 112 cm³/mol. The molecule has 0 bridgehead atoms. The lowest BCUT2D eigenvalue weighted by molar-refractivity contribution is 0.281. The van der Waals surface area contributed by atoms with Gasteiger partial charge < -0.3 is 10.4 Å². The van der Waals surface area contributed by atoms with Crippen molar-refractivity contribution in [3.63, 3.8) is 0 Å². The smallest absolute Gasteiger partial charge is 0.306 e. The molecule has 150 valence electrons. The van der Waals surface area contributed by atoms with E-state index in [-0.39, 0.29) is 17.5 Å². The van der Waals surface area contributed by atoms with E-state index in [0.717, 1.165) is 16.9 Å². The summed E-state index contributed by atoms with van der Waals surface area (Å²) in [5.41, 5.74) is 2.08. The SMILES string of the molecule is Cc1cc(CSc2nc(N[C@H](C)CO)c3sc(=O)[nH]c3n2)ccc1S(C)(=O)=O. The van der Waals surface area contributed by atoms with Crippen LogP contribution < -0.4 is 10.2 Å². The van der Waals surface area contributed by atoms with Crippen molar-refractivity contribution in [3.8, 4) is 0 Å². The molecule has 11 heteroatoms. The number of nitrogens with one attached hydrogen (secondary N) is 2. The number of fused-ring (bicyclic) bond motifs is 1. The average Bonchev–Trinajstić information content (AvgIpc) is 2.99. The zero-order valence-electron chi connectivity index (χ0n) is 15.5. The van der Waals surface area contributed by atoms with Gasteiger partial charge in [0.2, 0.25) is 0 Å². The standard InChI is InChI=1S/C17H20N4O4S3/c1-9-6-11(4-5-12(9)28(3,24)25)8-26-16-19-14(18-10(2)7-22)13-15(20-16)21-17(23)27-13/h4-6,10,22H,7-8H2,1-3H3,(H2,18,19,20,21,23)/t10-/m1/s1. The first-order chi connectivity index (χ1) is 13.2. The summed E-state index contributed by atoms with van der Waals surface area (Å²) >= 11 is 2.39. The Bertz CT molecular complexity index is 1170. The molecule has 0 aliphatic heterocycles. The number of aromatic nitrogens is 3. The number of aliphatic hydroxyl groups is 1. The molecular formula is C17H20N4O4S3. The van der Waals surface area contributed by atoms with Crippen LogP contribution in [-0.4, -0.2) is 47.4 Å². The molecule has 8 nitrogen and oxygen atoms in total. The molecule has 3 aromatic rings. The molecule has 1 atom stereocenters. The number of sulfone groups is 1. The van der Waals surface area contributed by atoms with E-state index < -0.39 is 9.84 Å². The zero-order valence-corrected chi connectivity index (χ0v) is 18.0. The van der Waals surface area contributed by atoms with Crippen LogP contribution in [0, 0.1) is 6.92 Å². The summed E-state index contributed by atoms with van der Waals surface area (Å²) in [4.78, 5) is 23.4. The second kappa shape index (κ2) is 8.19. The van der Waals surface area contributed by atoms with Crippen LogP contribution in [0.25, 0.3) is 10.3 Å². The molecule has 2 heterocycles. The highest BCUT2D eigenvalue weighted by Gasteiger charge is 2.15. The number of aliphatic hydroxyl groups excluding tert-OH is 1. The van der Waals surface area contributed by atoms with E-state index in [1.807, 2.05) is 13.0 Å². The fourth-order valence-electron chi connectivity index (χ4n) is 2.63. The van der Waals surface area contributed by atoms with Gasteiger partial charge in [0.05, 0.1) is 11.5 Å². The number of thiazole rings is 1. The third-order valence-corrected chi connectivity index (χ3v) is 6.98. The highest BCUT2D eigenvalue weighted by molar-refractivity contribution is 7.98. The maximum atomic E-state index is 11.7. The Labute approximate surface area is 170 Å². The zero-order chi connectivity index (χ0) is 20.5. The molecule has 0 radical (unpaired) electrons. The molecule has 0 aliphatic carbocycles. The van der Waals surface area contributed by atoms with E-state index in [2.05, 4.69) is 20.3 Å². The van der Waals surface area contributed by atoms with Crippen molar-refractivity contribution < 1.29 is 13.5 Å². The van der Waals surface area contributed by atoms with Crippen molar-refractivity contribution in [1.82, 2.24) is 15.0 Å². The Morgan fingerprint density at radius 3 is 2.75 bits per heavy atom. The van der Waals surface area contributed by atoms with Gasteiger partial charge in [-0.15, -0.1) is 0 Å². The fraction of sp³-hybridized carbons (Fsp3) is 0.353. The lowest BCUT2D eigenvalue weighted by atomic mass is 10.2. The lowest BCUT2D eigenvalue weighted by Gasteiger charge is -2.12. The summed E-state index contributed by atoms with van der Waals surface area (Å²) < 4.78 is 24.1. The molecule has 0 saturated carbocycles. The Morgan fingerprint density at radius 1 is 1.36 bits per heavy atom. The summed E-state index contributed by atoms with van der Waals surface area (Å²) in [6, 6.07) is 4.99. The molecule has 28 heavy (non-hydrogen) atoms. The number of aromatic amines is 1. The fourth-order valence-corrected chi connectivity index (χ4v) is 5.11. The van der Waals surface area contributed by atoms with Crippen molar-refractivity contribution in [2.45, 2.75) is 35.7 Å². The first-order valence-corrected chi connectivity index (χ1v) is 12.1. The summed E-state index contributed by atoms with van der Waals surface area (Å²) in [6.45, 7) is 3.50. The number of rotatable bonds is 7. The van der Waals surface area contributed by atoms with Crippen molar-refractivity contribution >= 4 is 49.1 Å². The molecule has 0 spiro atoms. The number of benzene rings is 1. The summed E-state index contributed by atoms with van der Waals surface area (Å²) in [7, 11) is -3.25. The molecule has 0 unspecified atom stereocenters. The molecule has 0 aliphatic rings. The number of thioether (sulfide) groups is 1. The van der Waals surface area contributed by atoms with Crippen molar-refractivity contribution in [2.75, 3.05) is 18.2 Å². The van der Waals surface area contributed by atoms with Gasteiger partial charge in [-0.25, -0.2) is 18.4 Å². The summed E-state index contributed by atoms with van der Waals surface area (Å²) in [5.74, 6) is 1.04. The Morgan fingerprint density at radius 2 is 2.11 bits per heavy atom. The number of anilines is 1. The average molecular weight is 441 g/mol. The van der Waals surface area contributed by atoms with Crippen LogP contribution in [0.15, 0.2) is 33.0 Å². The summed E-state index contributed by atoms with van der Waals surface area (Å²) in [5, 5.41) is 12.8. The number of hydrogen-bond acceptors (Lipinski definition) is 9. The van der Waals surface area contributed by atoms with Gasteiger partial charge in [-0.3, -0.25) is 9.78 Å². The van der Waals surface area contributed by atoms with Crippen molar-refractivity contribution in [1.29, 1.82) is 0 Å². The molecule has 0 amide bonds. The van der Waals surface area contributed by atoms with E-state index in [4.69, 9.17) is 0 Å². The number of aryl methyl sites for hydroxylation is 1. The van der Waals surface area contributed by atoms with E-state index in [9.17, 15) is 18.3 Å². The first-order valence-electron chi connectivity index (χ1n) is 8.38. The van der Waals surface area contributed by atoms with Gasteiger partial charge in [-0.1, -0.05) is 35.2 Å². The third kappa shape index (κ3) is 4.72. The molecule has 2 aromatic heterocycles. The van der Waals surface area contributed by atoms with Gasteiger partial charge in [-0.05, 0) is 31.0 Å². The maximum Gasteiger partial charge on any atom is 0.306 e. The molecular weight excluding hydrogens is 420 g/mol. The van der Waals surface area contributed by atoms with Gasteiger partial charge in [0.25, 0.3) is 0 Å². The molecule has 3 N–H and O–H groups in total. The molecule has 0 saturated heterocycles. The second-order valence-electron chi connectivity index (χ2n) is 6.44. The summed E-state index contributed by atoms with van der Waals surface area (Å²) in [6.07, 6.45) is 1.19. The monoisotopic (exact) mass is 440 g/mol. The Kier molecular flexibility index (Phi) is 6.08. The Hall–Kier alpha value is -1.95. The minimum absolute atomic E-state index is 0.0702. The highest BCUT2D eigenvalue weighted by atomic mass is 32.2. The Balaban J connectivity index is 1.86. The minimum Gasteiger partial charge on any atom is -0.394 e. The molecule has 3 rings (SSSR count). The van der Waals surface area contributed by atoms with Gasteiger partial charge in [0, 0.05) is 18.1 Å². The highest BCUT2D eigenvalue weighted by Crippen LogP contribution is 2.28. The topological polar surface area (TPSA) is 125 Å². The number of hydrogen-bond donors (Lipinski definition) is 3. The van der Waals surface area contributed by atoms with Crippen LogP contribution in [-0.2, 0) is 15.6 Å². The normalized spacial score (nSPS) is 13.0. The van der Waals surface area contributed by atoms with Crippen molar-refractivity contribution in [2.24, 2.45) is 0 Å². The van der Waals surface area contributed by atoms with Crippen LogP contribution in [0.4, 0.5) is 5.82 Å². The predicted octanol–water partition coefficient (Wildman–Crippen LogP) is 2.18. The third-order valence-electron chi connectivity index (χ3n) is 3.92.